The Morgan fingerprint density at radius 2 is 1.51 bits per heavy atom. The van der Waals surface area contributed by atoms with Crippen molar-refractivity contribution in [2.45, 2.75) is 63.8 Å². The molecule has 1 aromatic carbocycles. The minimum absolute atomic E-state index is 0.0390. The third-order valence-corrected chi connectivity index (χ3v) is 10.2. The van der Waals surface area contributed by atoms with E-state index in [-0.39, 0.29) is 12.5 Å². The Morgan fingerprint density at radius 3 is 2.14 bits per heavy atom. The zero-order valence-electron chi connectivity index (χ0n) is 22.6. The quantitative estimate of drug-likeness (QED) is 0.133. The Kier molecular flexibility index (Phi) is 7.38. The zero-order chi connectivity index (χ0) is 26.4. The molecule has 4 heterocycles. The molecule has 0 amide bonds. The van der Waals surface area contributed by atoms with Crippen LogP contribution in [0.5, 0.6) is 0 Å². The molecule has 0 radical (unpaired) electrons. The van der Waals surface area contributed by atoms with Gasteiger partial charge in [-0.05, 0) is 30.3 Å². The number of ether oxygens (including phenoxy) is 3. The molecule has 2 aromatic heterocycles. The van der Waals surface area contributed by atoms with Gasteiger partial charge in [0.2, 0.25) is 0 Å². The van der Waals surface area contributed by atoms with Crippen LogP contribution in [0.25, 0.3) is 16.7 Å². The number of aromatic nitrogens is 4. The lowest BCUT2D eigenvalue weighted by Gasteiger charge is -2.35. The summed E-state index contributed by atoms with van der Waals surface area (Å²) >= 11 is 6.17. The molecule has 200 valence electrons. The normalized spacial score (nSPS) is 19.3. The van der Waals surface area contributed by atoms with Crippen LogP contribution in [-0.2, 0) is 14.2 Å². The van der Waals surface area contributed by atoms with Crippen LogP contribution in [-0.4, -0.2) is 75.3 Å². The Hall–Kier alpha value is -2.03. The van der Waals surface area contributed by atoms with Crippen molar-refractivity contribution < 1.29 is 14.2 Å². The number of halogens is 1. The van der Waals surface area contributed by atoms with E-state index in [1.165, 1.54) is 0 Å². The van der Waals surface area contributed by atoms with E-state index < -0.39 is 16.1 Å². The number of pyridine rings is 1. The standard InChI is InChI=1S/C25H37ClN6O3Si2/c1-36(2,3)11-9-33-16-30-20-8-7-18(32-21-14-23(26)27-15-19(21)28-29-32)13-22(20)31(25-24(30)35-25)17-34-10-12-37(4,5)6/h7-8,13-15,24-25H,9-12,16-17H2,1-6H3. The molecule has 3 aromatic rings. The van der Waals surface area contributed by atoms with Crippen molar-refractivity contribution in [3.63, 3.8) is 0 Å². The van der Waals surface area contributed by atoms with Gasteiger partial charge < -0.3 is 24.0 Å². The molecule has 2 atom stereocenters. The van der Waals surface area contributed by atoms with Gasteiger partial charge in [-0.1, -0.05) is 56.1 Å². The molecule has 0 N–H and O–H groups in total. The average molecular weight is 561 g/mol. The van der Waals surface area contributed by atoms with Crippen molar-refractivity contribution in [3.8, 4) is 5.69 Å². The molecule has 2 unspecified atom stereocenters. The summed E-state index contributed by atoms with van der Waals surface area (Å²) < 4.78 is 20.2. The van der Waals surface area contributed by atoms with Crippen molar-refractivity contribution in [2.75, 3.05) is 36.5 Å². The fourth-order valence-corrected chi connectivity index (χ4v) is 5.97. The van der Waals surface area contributed by atoms with Crippen molar-refractivity contribution >= 4 is 50.2 Å². The van der Waals surface area contributed by atoms with Crippen LogP contribution in [0.15, 0.2) is 30.5 Å². The molecule has 0 aliphatic carbocycles. The average Bonchev–Trinajstić information content (AvgIpc) is 3.49. The summed E-state index contributed by atoms with van der Waals surface area (Å²) in [7, 11) is -2.33. The number of nitrogens with zero attached hydrogens (tertiary/aromatic N) is 6. The van der Waals surface area contributed by atoms with Gasteiger partial charge in [0.05, 0.1) is 28.8 Å². The minimum atomic E-state index is -1.17. The van der Waals surface area contributed by atoms with Gasteiger partial charge in [0.25, 0.3) is 0 Å². The minimum Gasteiger partial charge on any atom is -0.361 e. The maximum absolute atomic E-state index is 6.17. The van der Waals surface area contributed by atoms with Crippen molar-refractivity contribution in [1.82, 2.24) is 20.0 Å². The first-order chi connectivity index (χ1) is 17.5. The first kappa shape index (κ1) is 26.6. The highest BCUT2D eigenvalue weighted by Gasteiger charge is 2.53. The van der Waals surface area contributed by atoms with Crippen LogP contribution < -0.4 is 9.80 Å². The number of fused-ring (bicyclic) bond motifs is 3. The first-order valence-electron chi connectivity index (χ1n) is 12.9. The zero-order valence-corrected chi connectivity index (χ0v) is 25.3. The number of benzene rings is 1. The van der Waals surface area contributed by atoms with Crippen LogP contribution in [0.3, 0.4) is 0 Å². The van der Waals surface area contributed by atoms with Crippen molar-refractivity contribution in [2.24, 2.45) is 0 Å². The highest BCUT2D eigenvalue weighted by Crippen LogP contribution is 2.46. The highest BCUT2D eigenvalue weighted by atomic mass is 35.5. The van der Waals surface area contributed by atoms with E-state index in [1.54, 1.807) is 16.9 Å². The van der Waals surface area contributed by atoms with E-state index in [0.29, 0.717) is 24.1 Å². The van der Waals surface area contributed by atoms with Gasteiger partial charge in [-0.25, -0.2) is 9.67 Å². The summed E-state index contributed by atoms with van der Waals surface area (Å²) in [6.45, 7) is 16.7. The van der Waals surface area contributed by atoms with Gasteiger partial charge in [-0.15, -0.1) is 5.10 Å². The maximum atomic E-state index is 6.17. The molecule has 37 heavy (non-hydrogen) atoms. The molecule has 1 saturated heterocycles. The Balaban J connectivity index is 1.42. The van der Waals surface area contributed by atoms with Gasteiger partial charge in [0.15, 0.2) is 12.5 Å². The van der Waals surface area contributed by atoms with Crippen molar-refractivity contribution in [3.05, 3.63) is 35.6 Å². The Morgan fingerprint density at radius 1 is 0.892 bits per heavy atom. The van der Waals surface area contributed by atoms with E-state index >= 15 is 0 Å². The summed E-state index contributed by atoms with van der Waals surface area (Å²) in [5.74, 6) is 0. The SMILES string of the molecule is C[Si](C)(C)CCOCN1c2ccc(-n3nnc4cnc(Cl)cc43)cc2N(COCC[Si](C)(C)C)C2OC21. The molecule has 12 heteroatoms. The number of anilines is 2. The van der Waals surface area contributed by atoms with E-state index in [9.17, 15) is 0 Å². The molecule has 1 fully saturated rings. The van der Waals surface area contributed by atoms with Crippen LogP contribution in [0, 0.1) is 0 Å². The number of rotatable bonds is 11. The third-order valence-electron chi connectivity index (χ3n) is 6.64. The van der Waals surface area contributed by atoms with Crippen LogP contribution in [0.4, 0.5) is 11.4 Å². The van der Waals surface area contributed by atoms with Gasteiger partial charge in [0, 0.05) is 35.4 Å². The predicted octanol–water partition coefficient (Wildman–Crippen LogP) is 5.40. The van der Waals surface area contributed by atoms with E-state index in [1.807, 2.05) is 6.07 Å². The van der Waals surface area contributed by atoms with Gasteiger partial charge in [0.1, 0.15) is 24.1 Å². The summed E-state index contributed by atoms with van der Waals surface area (Å²) in [6.07, 6.45) is 1.53. The second-order valence-electron chi connectivity index (χ2n) is 12.2. The Labute approximate surface area is 225 Å². The molecule has 9 nitrogen and oxygen atoms in total. The largest absolute Gasteiger partial charge is 0.361 e. The number of epoxide rings is 1. The van der Waals surface area contributed by atoms with Crippen LogP contribution in [0.1, 0.15) is 0 Å². The smallest absolute Gasteiger partial charge is 0.180 e. The molecular formula is C25H37ClN6O3Si2. The van der Waals surface area contributed by atoms with Gasteiger partial charge in [-0.2, -0.15) is 0 Å². The number of hydrogen-bond donors (Lipinski definition) is 0. The van der Waals surface area contributed by atoms with Crippen LogP contribution in [0.2, 0.25) is 56.5 Å². The summed E-state index contributed by atoms with van der Waals surface area (Å²) in [5.41, 5.74) is 4.47. The van der Waals surface area contributed by atoms with Gasteiger partial charge in [-0.3, -0.25) is 0 Å². The van der Waals surface area contributed by atoms with E-state index in [4.69, 9.17) is 25.8 Å². The molecule has 2 aliphatic heterocycles. The van der Waals surface area contributed by atoms with Gasteiger partial charge >= 0.3 is 0 Å². The molecule has 0 bridgehead atoms. The van der Waals surface area contributed by atoms with E-state index in [2.05, 4.69) is 76.5 Å². The fraction of sp³-hybridized carbons (Fsp3) is 0.560. The lowest BCUT2D eigenvalue weighted by Crippen LogP contribution is -2.43. The Bertz CT molecular complexity index is 1260. The predicted molar refractivity (Wildman–Crippen MR) is 153 cm³/mol. The molecule has 5 rings (SSSR count). The monoisotopic (exact) mass is 560 g/mol. The van der Waals surface area contributed by atoms with E-state index in [0.717, 1.165) is 47.9 Å². The third kappa shape index (κ3) is 6.18. The topological polar surface area (TPSA) is 81.1 Å². The van der Waals surface area contributed by atoms with Crippen molar-refractivity contribution in [1.29, 1.82) is 0 Å². The maximum Gasteiger partial charge on any atom is 0.180 e. The summed E-state index contributed by atoms with van der Waals surface area (Å²) in [5, 5.41) is 9.04. The summed E-state index contributed by atoms with van der Waals surface area (Å²) in [4.78, 5) is 8.55. The first-order valence-corrected chi connectivity index (χ1v) is 20.7. The lowest BCUT2D eigenvalue weighted by molar-refractivity contribution is 0.137. The van der Waals surface area contributed by atoms with Crippen LogP contribution >= 0.6 is 11.6 Å². The molecular weight excluding hydrogens is 524 g/mol. The second kappa shape index (κ2) is 10.3. The second-order valence-corrected chi connectivity index (χ2v) is 23.9. The molecule has 2 aliphatic rings. The molecule has 0 spiro atoms. The molecule has 0 saturated carbocycles. The summed E-state index contributed by atoms with van der Waals surface area (Å²) in [6, 6.07) is 10.3. The number of hydrogen-bond acceptors (Lipinski definition) is 8. The highest BCUT2D eigenvalue weighted by molar-refractivity contribution is 6.76. The fourth-order valence-electron chi connectivity index (χ4n) is 4.30. The lowest BCUT2D eigenvalue weighted by atomic mass is 10.1.